The second-order valence-electron chi connectivity index (χ2n) is 2.38. The van der Waals surface area contributed by atoms with E-state index in [-0.39, 0.29) is 29.6 Å². The van der Waals surface area contributed by atoms with Gasteiger partial charge in [-0.05, 0) is 12.1 Å². The van der Waals surface area contributed by atoms with E-state index < -0.39 is 31.4 Å². The Morgan fingerprint density at radius 1 is 1.33 bits per heavy atom. The van der Waals surface area contributed by atoms with Crippen LogP contribution in [0.4, 0.5) is 5.69 Å². The van der Waals surface area contributed by atoms with Crippen LogP contribution in [-0.4, -0.2) is 52.6 Å². The van der Waals surface area contributed by atoms with Crippen molar-refractivity contribution in [1.82, 2.24) is 0 Å². The van der Waals surface area contributed by atoms with Crippen LogP contribution in [0.15, 0.2) is 23.1 Å². The number of hydrogen-bond acceptors (Lipinski definition) is 5. The van der Waals surface area contributed by atoms with E-state index in [1.165, 1.54) is 0 Å². The number of nitro groups is 1. The fourth-order valence-corrected chi connectivity index (χ4v) is 1.31. The zero-order valence-electron chi connectivity index (χ0n) is 6.61. The first-order chi connectivity index (χ1) is 6.32. The second-order valence-corrected chi connectivity index (χ2v) is 3.80. The van der Waals surface area contributed by atoms with E-state index in [2.05, 4.69) is 0 Å². The third kappa shape index (κ3) is 3.43. The Hall–Kier alpha value is -0.670. The summed E-state index contributed by atoms with van der Waals surface area (Å²) < 4.78 is 29.7. The first-order valence-electron chi connectivity index (χ1n) is 3.27. The molecule has 0 heterocycles. The zero-order valence-corrected chi connectivity index (χ0v) is 7.43. The molecule has 1 aromatic carbocycles. The summed E-state index contributed by atoms with van der Waals surface area (Å²) in [7, 11) is -4.49. The molecule has 0 bridgehead atoms. The van der Waals surface area contributed by atoms with Crippen LogP contribution in [0.1, 0.15) is 0 Å². The number of rotatable bonds is 2. The molecule has 2 N–H and O–H groups in total. The van der Waals surface area contributed by atoms with E-state index in [1.807, 2.05) is 0 Å². The maximum absolute atomic E-state index is 10.6. The van der Waals surface area contributed by atoms with Crippen LogP contribution in [0.5, 0.6) is 5.75 Å². The molecule has 0 saturated carbocycles. The van der Waals surface area contributed by atoms with Crippen LogP contribution in [0.2, 0.25) is 0 Å². The molecule has 0 aromatic heterocycles. The van der Waals surface area contributed by atoms with Gasteiger partial charge >= 0.3 is 35.2 Å². The standard InChI is InChI=1S/C6H5NO6S.Na.H/c8-6-2-1-4(14(11,12)13)3-5(6)7(9)10;;/h1-3,8H,(H,11,12,13);;. The summed E-state index contributed by atoms with van der Waals surface area (Å²) in [6.07, 6.45) is 0. The molecule has 0 saturated heterocycles. The number of phenolic OH excluding ortho intramolecular Hbond substituents is 1. The normalized spacial score (nSPS) is 10.5. The van der Waals surface area contributed by atoms with Gasteiger partial charge in [0, 0.05) is 6.07 Å². The molecule has 0 unspecified atom stereocenters. The van der Waals surface area contributed by atoms with Crippen LogP contribution < -0.4 is 0 Å². The molecule has 15 heavy (non-hydrogen) atoms. The molecule has 0 radical (unpaired) electrons. The molecular formula is C6H6NNaO6S. The van der Waals surface area contributed by atoms with Crippen LogP contribution in [0.25, 0.3) is 0 Å². The third-order valence-corrected chi connectivity index (χ3v) is 2.29. The van der Waals surface area contributed by atoms with Crippen molar-refractivity contribution < 1.29 is 23.0 Å². The first-order valence-corrected chi connectivity index (χ1v) is 4.71. The Labute approximate surface area is 107 Å². The van der Waals surface area contributed by atoms with Gasteiger partial charge in [-0.2, -0.15) is 8.42 Å². The predicted octanol–water partition coefficient (Wildman–Crippen LogP) is -0.101. The number of aromatic hydroxyl groups is 1. The number of nitrogens with zero attached hydrogens (tertiary/aromatic N) is 1. The molecule has 78 valence electrons. The second kappa shape index (κ2) is 4.90. The van der Waals surface area contributed by atoms with Gasteiger partial charge in [-0.1, -0.05) is 0 Å². The number of hydrogen-bond donors (Lipinski definition) is 2. The molecule has 1 rings (SSSR count). The summed E-state index contributed by atoms with van der Waals surface area (Å²) in [6.45, 7) is 0. The Balaban J connectivity index is 0.00000196. The minimum absolute atomic E-state index is 0. The van der Waals surface area contributed by atoms with E-state index in [9.17, 15) is 18.5 Å². The van der Waals surface area contributed by atoms with Gasteiger partial charge in [-0.25, -0.2) is 0 Å². The van der Waals surface area contributed by atoms with Crippen LogP contribution in [0, 0.1) is 10.1 Å². The van der Waals surface area contributed by atoms with Crippen molar-refractivity contribution in [3.05, 3.63) is 28.3 Å². The Morgan fingerprint density at radius 3 is 2.27 bits per heavy atom. The van der Waals surface area contributed by atoms with E-state index in [4.69, 9.17) is 9.66 Å². The van der Waals surface area contributed by atoms with Crippen molar-refractivity contribution in [2.24, 2.45) is 0 Å². The van der Waals surface area contributed by atoms with Gasteiger partial charge < -0.3 is 5.11 Å². The average Bonchev–Trinajstić information content (AvgIpc) is 2.02. The van der Waals surface area contributed by atoms with E-state index in [1.54, 1.807) is 0 Å². The molecule has 0 aliphatic carbocycles. The van der Waals surface area contributed by atoms with E-state index in [0.717, 1.165) is 12.1 Å². The van der Waals surface area contributed by atoms with Gasteiger partial charge in [-0.15, -0.1) is 0 Å². The van der Waals surface area contributed by atoms with Gasteiger partial charge in [-0.3, -0.25) is 14.7 Å². The number of phenols is 1. The summed E-state index contributed by atoms with van der Waals surface area (Å²) in [5.74, 6) is -0.664. The fraction of sp³-hybridized carbons (Fsp3) is 0. The topological polar surface area (TPSA) is 118 Å². The molecule has 0 aliphatic heterocycles. The van der Waals surface area contributed by atoms with E-state index >= 15 is 0 Å². The molecule has 0 spiro atoms. The van der Waals surface area contributed by atoms with Crippen molar-refractivity contribution in [2.45, 2.75) is 4.90 Å². The summed E-state index contributed by atoms with van der Waals surface area (Å²) in [6, 6.07) is 2.25. The predicted molar refractivity (Wildman–Crippen MR) is 51.7 cm³/mol. The van der Waals surface area contributed by atoms with Crippen LogP contribution in [0.3, 0.4) is 0 Å². The third-order valence-electron chi connectivity index (χ3n) is 1.44. The van der Waals surface area contributed by atoms with Gasteiger partial charge in [0.1, 0.15) is 4.90 Å². The van der Waals surface area contributed by atoms with Gasteiger partial charge in [0.25, 0.3) is 10.1 Å². The number of benzene rings is 1. The van der Waals surface area contributed by atoms with Crippen molar-refractivity contribution in [3.8, 4) is 5.75 Å². The van der Waals surface area contributed by atoms with Gasteiger partial charge in [0.05, 0.1) is 4.92 Å². The summed E-state index contributed by atoms with van der Waals surface area (Å²) in [5, 5.41) is 19.2. The van der Waals surface area contributed by atoms with E-state index in [0.29, 0.717) is 6.07 Å². The molecule has 1 aromatic rings. The minimum atomic E-state index is -4.49. The molecule has 0 aliphatic rings. The van der Waals surface area contributed by atoms with Crippen molar-refractivity contribution >= 4 is 45.4 Å². The van der Waals surface area contributed by atoms with Gasteiger partial charge in [0.15, 0.2) is 5.75 Å². The first kappa shape index (κ1) is 14.3. The summed E-state index contributed by atoms with van der Waals surface area (Å²) in [4.78, 5) is 8.68. The monoisotopic (exact) mass is 243 g/mol. The average molecular weight is 243 g/mol. The van der Waals surface area contributed by atoms with Crippen LogP contribution in [-0.2, 0) is 10.1 Å². The Bertz CT molecular complexity index is 484. The molecular weight excluding hydrogens is 237 g/mol. The molecule has 0 amide bonds. The van der Waals surface area contributed by atoms with Crippen molar-refractivity contribution in [2.75, 3.05) is 0 Å². The SMILES string of the molecule is O=[N+]([O-])c1cc(S(=O)(=O)O)ccc1O.[NaH]. The summed E-state index contributed by atoms with van der Waals surface area (Å²) >= 11 is 0. The summed E-state index contributed by atoms with van der Waals surface area (Å²) in [5.41, 5.74) is -0.778. The zero-order chi connectivity index (χ0) is 10.9. The molecule has 0 fully saturated rings. The molecule has 9 heteroatoms. The Kier molecular flexibility index (Phi) is 4.68. The quantitative estimate of drug-likeness (QED) is 0.324. The van der Waals surface area contributed by atoms with Crippen molar-refractivity contribution in [3.63, 3.8) is 0 Å². The van der Waals surface area contributed by atoms with Gasteiger partial charge in [0.2, 0.25) is 0 Å². The molecule has 0 atom stereocenters. The molecule has 7 nitrogen and oxygen atoms in total. The van der Waals surface area contributed by atoms with Crippen molar-refractivity contribution in [1.29, 1.82) is 0 Å². The Morgan fingerprint density at radius 2 is 1.87 bits per heavy atom. The number of nitro benzene ring substituents is 1. The maximum atomic E-state index is 10.6. The van der Waals surface area contributed by atoms with Crippen LogP contribution >= 0.6 is 0 Å². The fourth-order valence-electron chi connectivity index (χ4n) is 0.810.